The van der Waals surface area contributed by atoms with Gasteiger partial charge >= 0.3 is 0 Å². The highest BCUT2D eigenvalue weighted by molar-refractivity contribution is 7.92. The monoisotopic (exact) mass is 275 g/mol. The topological polar surface area (TPSA) is 76.3 Å². The van der Waals surface area contributed by atoms with E-state index in [0.29, 0.717) is 12.4 Å². The summed E-state index contributed by atoms with van der Waals surface area (Å²) < 4.78 is 26.5. The molecule has 2 heterocycles. The van der Waals surface area contributed by atoms with Crippen LogP contribution in [0.15, 0.2) is 47.5 Å². The minimum absolute atomic E-state index is 0.165. The summed E-state index contributed by atoms with van der Waals surface area (Å²) in [7, 11) is -3.55. The second-order valence-corrected chi connectivity index (χ2v) is 6.24. The molecule has 0 saturated heterocycles. The molecule has 0 bridgehead atoms. The lowest BCUT2D eigenvalue weighted by atomic mass is 10.2. The Hall–Kier alpha value is -2.08. The Kier molecular flexibility index (Phi) is 2.67. The van der Waals surface area contributed by atoms with E-state index in [1.54, 1.807) is 0 Å². The maximum atomic E-state index is 12.6. The van der Waals surface area contributed by atoms with Gasteiger partial charge < -0.3 is 5.73 Å². The molecule has 2 aromatic rings. The van der Waals surface area contributed by atoms with Crippen molar-refractivity contribution in [3.8, 4) is 0 Å². The molecule has 6 heteroatoms. The molecule has 2 N–H and O–H groups in total. The maximum absolute atomic E-state index is 12.6. The van der Waals surface area contributed by atoms with Crippen molar-refractivity contribution in [1.82, 2.24) is 4.98 Å². The van der Waals surface area contributed by atoms with Gasteiger partial charge in [-0.05, 0) is 30.2 Å². The van der Waals surface area contributed by atoms with E-state index in [2.05, 4.69) is 4.98 Å². The average Bonchev–Trinajstić information content (AvgIpc) is 2.83. The number of benzene rings is 1. The summed E-state index contributed by atoms with van der Waals surface area (Å²) in [6.45, 7) is 0.464. The Morgan fingerprint density at radius 2 is 1.95 bits per heavy atom. The van der Waals surface area contributed by atoms with Crippen LogP contribution in [-0.4, -0.2) is 19.9 Å². The van der Waals surface area contributed by atoms with E-state index < -0.39 is 10.0 Å². The van der Waals surface area contributed by atoms with Gasteiger partial charge in [-0.3, -0.25) is 4.31 Å². The van der Waals surface area contributed by atoms with Crippen LogP contribution in [0.1, 0.15) is 5.56 Å². The van der Waals surface area contributed by atoms with Gasteiger partial charge in [-0.25, -0.2) is 13.4 Å². The number of sulfonamides is 1. The van der Waals surface area contributed by atoms with Crippen molar-refractivity contribution in [3.05, 3.63) is 48.2 Å². The van der Waals surface area contributed by atoms with Gasteiger partial charge in [-0.1, -0.05) is 18.2 Å². The van der Waals surface area contributed by atoms with Crippen LogP contribution < -0.4 is 10.0 Å². The van der Waals surface area contributed by atoms with E-state index in [4.69, 9.17) is 5.73 Å². The smallest absolute Gasteiger partial charge is 0.265 e. The van der Waals surface area contributed by atoms with Gasteiger partial charge in [-0.15, -0.1) is 0 Å². The van der Waals surface area contributed by atoms with Crippen molar-refractivity contribution in [2.45, 2.75) is 11.3 Å². The Bertz CT molecular complexity index is 711. The van der Waals surface area contributed by atoms with Crippen LogP contribution in [0.3, 0.4) is 0 Å². The van der Waals surface area contributed by atoms with Gasteiger partial charge in [-0.2, -0.15) is 0 Å². The summed E-state index contributed by atoms with van der Waals surface area (Å²) in [4.78, 5) is 4.01. The number of nitrogens with zero attached hydrogens (tertiary/aromatic N) is 2. The van der Waals surface area contributed by atoms with Crippen LogP contribution in [0.4, 0.5) is 11.5 Å². The van der Waals surface area contributed by atoms with Crippen molar-refractivity contribution < 1.29 is 8.42 Å². The van der Waals surface area contributed by atoms with Crippen LogP contribution in [0.25, 0.3) is 0 Å². The molecule has 1 aliphatic rings. The van der Waals surface area contributed by atoms with Crippen molar-refractivity contribution in [2.24, 2.45) is 0 Å². The van der Waals surface area contributed by atoms with Gasteiger partial charge in [0, 0.05) is 12.7 Å². The molecule has 98 valence electrons. The number of anilines is 2. The van der Waals surface area contributed by atoms with Crippen LogP contribution in [0.2, 0.25) is 0 Å². The van der Waals surface area contributed by atoms with Crippen LogP contribution in [0, 0.1) is 0 Å². The zero-order valence-electron chi connectivity index (χ0n) is 10.2. The summed E-state index contributed by atoms with van der Waals surface area (Å²) in [5.74, 6) is 0.306. The van der Waals surface area contributed by atoms with Gasteiger partial charge in [0.1, 0.15) is 10.7 Å². The van der Waals surface area contributed by atoms with Gasteiger partial charge in [0.25, 0.3) is 10.0 Å². The maximum Gasteiger partial charge on any atom is 0.265 e. The number of fused-ring (bicyclic) bond motifs is 1. The first-order valence-electron chi connectivity index (χ1n) is 5.91. The van der Waals surface area contributed by atoms with Gasteiger partial charge in [0.15, 0.2) is 0 Å². The molecule has 0 aliphatic carbocycles. The molecule has 0 amide bonds. The van der Waals surface area contributed by atoms with Crippen molar-refractivity contribution in [3.63, 3.8) is 0 Å². The van der Waals surface area contributed by atoms with Crippen LogP contribution >= 0.6 is 0 Å². The lowest BCUT2D eigenvalue weighted by Crippen LogP contribution is -2.29. The molecule has 1 aromatic heterocycles. The van der Waals surface area contributed by atoms with E-state index >= 15 is 0 Å². The van der Waals surface area contributed by atoms with E-state index in [9.17, 15) is 8.42 Å². The number of para-hydroxylation sites is 1. The minimum atomic E-state index is -3.55. The molecule has 0 radical (unpaired) electrons. The highest BCUT2D eigenvalue weighted by Gasteiger charge is 2.30. The molecule has 0 spiro atoms. The van der Waals surface area contributed by atoms with Crippen molar-refractivity contribution in [2.75, 3.05) is 16.6 Å². The summed E-state index contributed by atoms with van der Waals surface area (Å²) in [5, 5.41) is 0. The molecule has 1 aliphatic heterocycles. The first-order chi connectivity index (χ1) is 9.09. The molecule has 3 rings (SSSR count). The number of pyridine rings is 1. The van der Waals surface area contributed by atoms with Crippen molar-refractivity contribution >= 4 is 21.5 Å². The van der Waals surface area contributed by atoms with Gasteiger partial charge in [0.05, 0.1) is 5.69 Å². The quantitative estimate of drug-likeness (QED) is 0.899. The molecule has 19 heavy (non-hydrogen) atoms. The first kappa shape index (κ1) is 12.0. The molecule has 0 unspecified atom stereocenters. The predicted octanol–water partition coefficient (Wildman–Crippen LogP) is 1.42. The third-order valence-corrected chi connectivity index (χ3v) is 4.99. The zero-order chi connectivity index (χ0) is 13.5. The third-order valence-electron chi connectivity index (χ3n) is 3.19. The Morgan fingerprint density at radius 3 is 2.68 bits per heavy atom. The molecule has 0 fully saturated rings. The number of hydrogen-bond acceptors (Lipinski definition) is 4. The summed E-state index contributed by atoms with van der Waals surface area (Å²) in [6.07, 6.45) is 2.03. The number of nitrogen functional groups attached to an aromatic ring is 1. The normalized spacial score (nSPS) is 14.4. The summed E-state index contributed by atoms with van der Waals surface area (Å²) >= 11 is 0. The second kappa shape index (κ2) is 4.24. The average molecular weight is 275 g/mol. The van der Waals surface area contributed by atoms with E-state index in [1.165, 1.54) is 22.6 Å². The number of nitrogens with two attached hydrogens (primary N) is 1. The minimum Gasteiger partial charge on any atom is -0.384 e. The van der Waals surface area contributed by atoms with E-state index in [-0.39, 0.29) is 4.90 Å². The van der Waals surface area contributed by atoms with Crippen LogP contribution in [-0.2, 0) is 16.4 Å². The van der Waals surface area contributed by atoms with E-state index in [1.807, 2.05) is 24.3 Å². The molecular weight excluding hydrogens is 262 g/mol. The number of rotatable bonds is 2. The lowest BCUT2D eigenvalue weighted by molar-refractivity contribution is 0.592. The SMILES string of the molecule is Nc1ccc(S(=O)(=O)N2CCc3ccccc32)cn1. The standard InChI is InChI=1S/C13H13N3O2S/c14-13-6-5-11(9-15-13)19(17,18)16-8-7-10-3-1-2-4-12(10)16/h1-6,9H,7-8H2,(H2,14,15). The summed E-state index contributed by atoms with van der Waals surface area (Å²) in [5.41, 5.74) is 7.28. The number of aromatic nitrogens is 1. The zero-order valence-corrected chi connectivity index (χ0v) is 11.0. The lowest BCUT2D eigenvalue weighted by Gasteiger charge is -2.19. The Morgan fingerprint density at radius 1 is 1.16 bits per heavy atom. The fraction of sp³-hybridized carbons (Fsp3) is 0.154. The second-order valence-electron chi connectivity index (χ2n) is 4.37. The Labute approximate surface area is 111 Å². The summed E-state index contributed by atoms with van der Waals surface area (Å²) in [6, 6.07) is 10.5. The largest absolute Gasteiger partial charge is 0.384 e. The first-order valence-corrected chi connectivity index (χ1v) is 7.35. The molecular formula is C13H13N3O2S. The molecule has 5 nitrogen and oxygen atoms in total. The Balaban J connectivity index is 2.05. The molecule has 1 aromatic carbocycles. The fourth-order valence-corrected chi connectivity index (χ4v) is 3.68. The van der Waals surface area contributed by atoms with E-state index in [0.717, 1.165) is 17.7 Å². The molecule has 0 saturated carbocycles. The molecule has 0 atom stereocenters. The highest BCUT2D eigenvalue weighted by Crippen LogP contribution is 2.32. The predicted molar refractivity (Wildman–Crippen MR) is 73.3 cm³/mol. The van der Waals surface area contributed by atoms with Crippen molar-refractivity contribution in [1.29, 1.82) is 0 Å². The fourth-order valence-electron chi connectivity index (χ4n) is 2.23. The van der Waals surface area contributed by atoms with Gasteiger partial charge in [0.2, 0.25) is 0 Å². The number of hydrogen-bond donors (Lipinski definition) is 1. The third kappa shape index (κ3) is 1.94. The highest BCUT2D eigenvalue weighted by atomic mass is 32.2. The van der Waals surface area contributed by atoms with Crippen LogP contribution in [0.5, 0.6) is 0 Å².